The first kappa shape index (κ1) is 23.1. The molecule has 0 bridgehead atoms. The first-order chi connectivity index (χ1) is 17.4. The number of rotatable bonds is 5. The molecule has 0 N–H and O–H groups in total. The van der Waals surface area contributed by atoms with E-state index in [2.05, 4.69) is 0 Å². The third-order valence-electron chi connectivity index (χ3n) is 5.96. The first-order valence-corrected chi connectivity index (χ1v) is 11.3. The fourth-order valence-corrected chi connectivity index (χ4v) is 4.19. The summed E-state index contributed by atoms with van der Waals surface area (Å²) >= 11 is 0. The monoisotopic (exact) mass is 487 g/mol. The van der Waals surface area contributed by atoms with Crippen molar-refractivity contribution < 1.29 is 28.3 Å². The van der Waals surface area contributed by atoms with Gasteiger partial charge >= 0.3 is 5.97 Å². The Morgan fingerprint density at radius 3 is 2.58 bits per heavy atom. The molecule has 0 radical (unpaired) electrons. The lowest BCUT2D eigenvalue weighted by Gasteiger charge is -2.19. The van der Waals surface area contributed by atoms with Gasteiger partial charge in [0.2, 0.25) is 5.43 Å². The maximum absolute atomic E-state index is 13.5. The number of ether oxygens (including phenoxy) is 3. The number of fused-ring (bicyclic) bond motifs is 2. The van der Waals surface area contributed by atoms with Crippen molar-refractivity contribution in [1.29, 1.82) is 0 Å². The van der Waals surface area contributed by atoms with Gasteiger partial charge in [-0.15, -0.1) is 0 Å². The van der Waals surface area contributed by atoms with E-state index in [4.69, 9.17) is 18.6 Å². The van der Waals surface area contributed by atoms with Gasteiger partial charge in [0.1, 0.15) is 30.3 Å². The van der Waals surface area contributed by atoms with Gasteiger partial charge in [0, 0.05) is 18.2 Å². The van der Waals surface area contributed by atoms with Gasteiger partial charge in [-0.25, -0.2) is 4.79 Å². The lowest BCUT2D eigenvalue weighted by molar-refractivity contribution is -0.384. The van der Waals surface area contributed by atoms with E-state index in [1.165, 1.54) is 24.3 Å². The van der Waals surface area contributed by atoms with Crippen molar-refractivity contribution in [3.05, 3.63) is 91.8 Å². The highest BCUT2D eigenvalue weighted by Crippen LogP contribution is 2.36. The fourth-order valence-electron chi connectivity index (χ4n) is 4.19. The zero-order chi connectivity index (χ0) is 25.4. The van der Waals surface area contributed by atoms with Gasteiger partial charge < -0.3 is 18.6 Å². The van der Waals surface area contributed by atoms with E-state index in [1.54, 1.807) is 31.2 Å². The quantitative estimate of drug-likeness (QED) is 0.163. The normalized spacial score (nSPS) is 12.4. The highest BCUT2D eigenvalue weighted by molar-refractivity contribution is 5.93. The molecule has 1 aliphatic rings. The molecule has 0 unspecified atom stereocenters. The smallest absolute Gasteiger partial charge is 0.343 e. The van der Waals surface area contributed by atoms with Crippen LogP contribution in [0.2, 0.25) is 0 Å². The third kappa shape index (κ3) is 4.15. The zero-order valence-electron chi connectivity index (χ0n) is 19.5. The molecule has 4 aromatic rings. The minimum absolute atomic E-state index is 0.0398. The van der Waals surface area contributed by atoms with Gasteiger partial charge in [0.05, 0.1) is 21.4 Å². The van der Waals surface area contributed by atoms with E-state index in [-0.39, 0.29) is 28.0 Å². The van der Waals surface area contributed by atoms with Crippen LogP contribution in [0.3, 0.4) is 0 Å². The lowest BCUT2D eigenvalue weighted by Crippen LogP contribution is -2.15. The number of carbonyl (C=O) groups is 1. The minimum atomic E-state index is -0.750. The number of carbonyl (C=O) groups excluding carboxylic acids is 1. The molecule has 0 aliphatic carbocycles. The maximum atomic E-state index is 13.5. The summed E-state index contributed by atoms with van der Waals surface area (Å²) in [5.74, 6) is 1.05. The maximum Gasteiger partial charge on any atom is 0.343 e. The lowest BCUT2D eigenvalue weighted by atomic mass is 10.00. The number of hydrogen-bond acceptors (Lipinski definition) is 8. The number of hydrogen-bond donors (Lipinski definition) is 0. The standard InChI is InChI=1S/C27H21NO8/c1-3-16-12-20-23(14-22(16)36-27(30)18-5-4-6-19(11-18)28(31)32)35-15(2)25(26(20)29)17-7-8-21-24(13-17)34-10-9-33-21/h4-8,11-14H,3,9-10H2,1-2H3. The van der Waals surface area contributed by atoms with Crippen molar-refractivity contribution in [2.75, 3.05) is 13.2 Å². The molecule has 0 atom stereocenters. The number of esters is 1. The van der Waals surface area contributed by atoms with Crippen LogP contribution in [0.4, 0.5) is 5.69 Å². The average Bonchev–Trinajstić information content (AvgIpc) is 2.88. The largest absolute Gasteiger partial charge is 0.486 e. The molecule has 1 aromatic heterocycles. The van der Waals surface area contributed by atoms with Crippen LogP contribution in [0.1, 0.15) is 28.6 Å². The SMILES string of the molecule is CCc1cc2c(=O)c(-c3ccc4c(c3)OCCO4)c(C)oc2cc1OC(=O)c1cccc([N+](=O)[O-])c1. The van der Waals surface area contributed by atoms with Gasteiger partial charge in [0.25, 0.3) is 5.69 Å². The second kappa shape index (κ2) is 9.18. The van der Waals surface area contributed by atoms with E-state index in [0.717, 1.165) is 6.07 Å². The zero-order valence-corrected chi connectivity index (χ0v) is 19.5. The van der Waals surface area contributed by atoms with Crippen molar-refractivity contribution in [2.24, 2.45) is 0 Å². The summed E-state index contributed by atoms with van der Waals surface area (Å²) in [6, 6.07) is 13.8. The Hall–Kier alpha value is -4.66. The van der Waals surface area contributed by atoms with E-state index in [0.29, 0.717) is 59.0 Å². The summed E-state index contributed by atoms with van der Waals surface area (Å²) in [6.07, 6.45) is 0.472. The Morgan fingerprint density at radius 2 is 1.83 bits per heavy atom. The van der Waals surface area contributed by atoms with Crippen LogP contribution in [0.15, 0.2) is 63.8 Å². The second-order valence-corrected chi connectivity index (χ2v) is 8.23. The molecule has 182 valence electrons. The van der Waals surface area contributed by atoms with Crippen LogP contribution in [0.5, 0.6) is 17.2 Å². The van der Waals surface area contributed by atoms with Crippen LogP contribution >= 0.6 is 0 Å². The molecular formula is C27H21NO8. The van der Waals surface area contributed by atoms with E-state index >= 15 is 0 Å². The molecule has 3 aromatic carbocycles. The highest BCUT2D eigenvalue weighted by Gasteiger charge is 2.21. The topological polar surface area (TPSA) is 118 Å². The van der Waals surface area contributed by atoms with Crippen LogP contribution in [-0.4, -0.2) is 24.1 Å². The van der Waals surface area contributed by atoms with Crippen molar-refractivity contribution in [3.8, 4) is 28.4 Å². The van der Waals surface area contributed by atoms with Crippen molar-refractivity contribution in [3.63, 3.8) is 0 Å². The molecule has 0 saturated heterocycles. The Labute approximate surface area is 205 Å². The molecule has 5 rings (SSSR count). The van der Waals surface area contributed by atoms with Crippen LogP contribution in [0.25, 0.3) is 22.1 Å². The molecule has 36 heavy (non-hydrogen) atoms. The molecule has 9 nitrogen and oxygen atoms in total. The molecule has 2 heterocycles. The average molecular weight is 487 g/mol. The minimum Gasteiger partial charge on any atom is -0.486 e. The molecule has 0 spiro atoms. The van der Waals surface area contributed by atoms with Crippen LogP contribution in [-0.2, 0) is 6.42 Å². The van der Waals surface area contributed by atoms with Crippen LogP contribution < -0.4 is 19.6 Å². The predicted molar refractivity (Wildman–Crippen MR) is 131 cm³/mol. The van der Waals surface area contributed by atoms with Gasteiger partial charge in [-0.2, -0.15) is 0 Å². The summed E-state index contributed by atoms with van der Waals surface area (Å²) < 4.78 is 22.8. The number of benzene rings is 3. The number of nitrogens with zero attached hydrogens (tertiary/aromatic N) is 1. The number of aryl methyl sites for hydroxylation is 2. The van der Waals surface area contributed by atoms with E-state index < -0.39 is 10.9 Å². The number of nitro groups is 1. The summed E-state index contributed by atoms with van der Waals surface area (Å²) in [5, 5.41) is 11.4. The Balaban J connectivity index is 1.55. The summed E-state index contributed by atoms with van der Waals surface area (Å²) in [4.78, 5) is 36.7. The number of non-ortho nitro benzene ring substituents is 1. The highest BCUT2D eigenvalue weighted by atomic mass is 16.6. The summed E-state index contributed by atoms with van der Waals surface area (Å²) in [6.45, 7) is 4.45. The third-order valence-corrected chi connectivity index (χ3v) is 5.96. The second-order valence-electron chi connectivity index (χ2n) is 8.23. The van der Waals surface area contributed by atoms with Crippen LogP contribution in [0, 0.1) is 17.0 Å². The van der Waals surface area contributed by atoms with Crippen molar-refractivity contribution in [1.82, 2.24) is 0 Å². The Bertz CT molecular complexity index is 1590. The Morgan fingerprint density at radius 1 is 1.06 bits per heavy atom. The molecule has 9 heteroatoms. The number of nitro benzene ring substituents is 1. The van der Waals surface area contributed by atoms with Crippen molar-refractivity contribution in [2.45, 2.75) is 20.3 Å². The molecular weight excluding hydrogens is 466 g/mol. The molecule has 0 fully saturated rings. The van der Waals surface area contributed by atoms with Gasteiger partial charge in [0.15, 0.2) is 11.5 Å². The molecule has 0 saturated carbocycles. The van der Waals surface area contributed by atoms with Gasteiger partial charge in [-0.1, -0.05) is 19.1 Å². The summed E-state index contributed by atoms with van der Waals surface area (Å²) in [7, 11) is 0. The predicted octanol–water partition coefficient (Wildman–Crippen LogP) is 5.23. The molecule has 0 amide bonds. The first-order valence-electron chi connectivity index (χ1n) is 11.3. The van der Waals surface area contributed by atoms with E-state index in [1.807, 2.05) is 6.92 Å². The molecule has 1 aliphatic heterocycles. The van der Waals surface area contributed by atoms with Crippen molar-refractivity contribution >= 4 is 22.6 Å². The Kier molecular flexibility index (Phi) is 5.89. The van der Waals surface area contributed by atoms with E-state index in [9.17, 15) is 19.7 Å². The van der Waals surface area contributed by atoms with Gasteiger partial charge in [-0.3, -0.25) is 14.9 Å². The fraction of sp³-hybridized carbons (Fsp3) is 0.185. The summed E-state index contributed by atoms with van der Waals surface area (Å²) in [5.41, 5.74) is 1.53. The van der Waals surface area contributed by atoms with Gasteiger partial charge in [-0.05, 0) is 48.7 Å².